The van der Waals surface area contributed by atoms with Crippen LogP contribution >= 0.6 is 46.7 Å². The number of hydrogen-bond acceptors (Lipinski definition) is 17. The molecule has 0 amide bonds. The molecule has 0 aliphatic carbocycles. The van der Waals surface area contributed by atoms with Gasteiger partial charge in [0, 0.05) is 24.7 Å². The number of ketones is 1. The molecule has 1 fully saturated rings. The number of benzene rings is 5. The molecule has 0 radical (unpaired) electrons. The molecule has 1 atom stereocenters. The van der Waals surface area contributed by atoms with Crippen LogP contribution in [-0.2, 0) is 13.9 Å². The molecule has 76 heavy (non-hydrogen) atoms. The molecule has 0 saturated carbocycles. The van der Waals surface area contributed by atoms with Gasteiger partial charge >= 0.3 is 40.2 Å². The Balaban J connectivity index is 0. The third-order valence-electron chi connectivity index (χ3n) is 8.79. The number of oxime groups is 1. The Morgan fingerprint density at radius 1 is 0.697 bits per heavy atom. The van der Waals surface area contributed by atoms with Gasteiger partial charge in [-0.15, -0.1) is 0 Å². The molecule has 9 rings (SSSR count). The summed E-state index contributed by atoms with van der Waals surface area (Å²) in [6.07, 6.45) is 2.56. The number of fused-ring (bicyclic) bond motifs is 3. The summed E-state index contributed by atoms with van der Waals surface area (Å²) < 4.78 is 96.4. The number of aliphatic carboxylic acids is 1. The van der Waals surface area contributed by atoms with Gasteiger partial charge in [0.1, 0.15) is 87.9 Å². The molecule has 1 saturated heterocycles. The number of Topliss-reactive ketones (excluding diaryl/α,β-unsaturated/α-hetero) is 1. The summed E-state index contributed by atoms with van der Waals surface area (Å²) in [5.74, 6) is 0.323. The zero-order valence-electron chi connectivity index (χ0n) is 39.9. The Bertz CT molecular complexity index is 2590. The molecule has 18 nitrogen and oxygen atoms in total. The second-order valence-corrected chi connectivity index (χ2v) is 15.1. The van der Waals surface area contributed by atoms with Crippen LogP contribution in [0.25, 0.3) is 0 Å². The van der Waals surface area contributed by atoms with Gasteiger partial charge in [0.05, 0.1) is 43.3 Å². The molecule has 1 unspecified atom stereocenters. The van der Waals surface area contributed by atoms with E-state index in [9.17, 15) is 36.3 Å². The fraction of sp³-hybridized carbons (Fsp3) is 0.250. The van der Waals surface area contributed by atoms with E-state index < -0.39 is 50.7 Å². The van der Waals surface area contributed by atoms with Gasteiger partial charge in [-0.3, -0.25) is 14.4 Å². The maximum Gasteiger partial charge on any atom is 1.00 e. The van der Waals surface area contributed by atoms with Gasteiger partial charge < -0.3 is 54.4 Å². The number of hydrogen-bond donors (Lipinski definition) is 4. The SMILES string of the molecule is C.C1CCOC1.CC(=O)[O-].COc1cccc(F)c1C(=O)Cl.COc1cccc(F)c1C(=O)O.NC1COc2cccc(F)c21.NOCl.O/N=C1\COc2cccc(F)c21.O=C(Cl)Cl.O=C1COc2cccc(F)c21.[Na+]. The van der Waals surface area contributed by atoms with E-state index in [1.54, 1.807) is 30.3 Å². The van der Waals surface area contributed by atoms with Crippen LogP contribution in [0.5, 0.6) is 28.7 Å². The van der Waals surface area contributed by atoms with Crippen molar-refractivity contribution in [1.29, 1.82) is 0 Å². The van der Waals surface area contributed by atoms with E-state index in [1.165, 1.54) is 75.6 Å². The molecule has 4 heterocycles. The van der Waals surface area contributed by atoms with Crippen molar-refractivity contribution >= 4 is 80.0 Å². The second-order valence-electron chi connectivity index (χ2n) is 13.7. The first-order valence-corrected chi connectivity index (χ1v) is 22.0. The van der Waals surface area contributed by atoms with E-state index in [1.807, 2.05) is 0 Å². The van der Waals surface area contributed by atoms with E-state index in [-0.39, 0.29) is 102 Å². The molecule has 4 aliphatic rings. The van der Waals surface area contributed by atoms with Crippen molar-refractivity contribution < 1.29 is 124 Å². The molecule has 28 heteroatoms. The topological polar surface area (TPSA) is 278 Å². The summed E-state index contributed by atoms with van der Waals surface area (Å²) in [7, 11) is 2.64. The zero-order chi connectivity index (χ0) is 55.9. The van der Waals surface area contributed by atoms with Crippen LogP contribution in [-0.4, -0.2) is 90.9 Å². The average molecular weight is 1170 g/mol. The summed E-state index contributed by atoms with van der Waals surface area (Å²) in [6.45, 7) is 3.46. The monoisotopic (exact) mass is 1170 g/mol. The summed E-state index contributed by atoms with van der Waals surface area (Å²) >= 11 is 18.2. The Kier molecular flexibility index (Phi) is 37.6. The number of aromatic carboxylic acids is 1. The molecular formula is C48H49Cl4F5N3NaO15. The predicted molar refractivity (Wildman–Crippen MR) is 264 cm³/mol. The molecule has 0 spiro atoms. The Morgan fingerprint density at radius 3 is 1.47 bits per heavy atom. The average Bonchev–Trinajstić information content (AvgIpc) is 4.20. The van der Waals surface area contributed by atoms with Crippen LogP contribution < -0.4 is 70.0 Å². The van der Waals surface area contributed by atoms with Crippen molar-refractivity contribution in [3.8, 4) is 28.7 Å². The first-order valence-electron chi connectivity index (χ1n) is 20.5. The number of carbonyl (C=O) groups excluding carboxylic acids is 4. The Hall–Kier alpha value is -5.83. The minimum atomic E-state index is -1.33. The van der Waals surface area contributed by atoms with Crippen LogP contribution in [0.2, 0.25) is 0 Å². The van der Waals surface area contributed by atoms with E-state index >= 15 is 0 Å². The number of carbonyl (C=O) groups is 5. The summed E-state index contributed by atoms with van der Waals surface area (Å²) in [5, 5.41) is 28.0. The quantitative estimate of drug-likeness (QED) is 0.0487. The second kappa shape index (κ2) is 39.5. The third-order valence-corrected chi connectivity index (χ3v) is 8.98. The molecular weight excluding hydrogens is 1120 g/mol. The third kappa shape index (κ3) is 25.3. The fourth-order valence-corrected chi connectivity index (χ4v) is 6.02. The zero-order valence-corrected chi connectivity index (χ0v) is 44.9. The number of methoxy groups -OCH3 is 2. The Labute approximate surface area is 474 Å². The van der Waals surface area contributed by atoms with Gasteiger partial charge in [-0.25, -0.2) is 26.7 Å². The summed E-state index contributed by atoms with van der Waals surface area (Å²) in [5.41, 5.74) is 6.03. The normalized spacial score (nSPS) is 13.4. The van der Waals surface area contributed by atoms with Crippen LogP contribution in [0.15, 0.2) is 96.2 Å². The van der Waals surface area contributed by atoms with Crippen LogP contribution in [0.4, 0.5) is 26.7 Å². The minimum Gasteiger partial charge on any atom is -0.550 e. The molecule has 410 valence electrons. The standard InChI is InChI=1S/C8H6ClFO2.C8H6FNO2.C8H8FNO.C8H7FO3.C8H5FO2.C4H8O.C2H4O2.CCl2O.CH4.ClH2NO.Na/c1-12-6-4-2-3-5(10)7(6)8(9)11;9-5-2-1-3-7-8(5)6(10-11)4-12-7;9-5-2-1-3-7-8(5)6(10)4-11-7;1-12-6-4-2-3-5(9)7(6)8(10)11;9-5-2-1-3-7-8(5)6(10)4-11-7;1-2-4-5-3-1;1-2(3)4;2-1(3)4;;1-3-2;/h2-4H,1H3;1-3,11H,4H2;1-3,6H,4,10H2;2-4H,1H3,(H,10,11);1-3H,4H2;1-4H2;1H3,(H,3,4);;1H4;2H2;/q;;;;;;;;;;+1/p-1/b;10-6+;;;;;;;;;. The maximum absolute atomic E-state index is 13.1. The number of rotatable bonds is 4. The van der Waals surface area contributed by atoms with Gasteiger partial charge in [-0.1, -0.05) is 42.9 Å². The predicted octanol–water partition coefficient (Wildman–Crippen LogP) is 6.57. The number of ether oxygens (including phenoxy) is 6. The number of carboxylic acid groups (broad SMARTS) is 2. The van der Waals surface area contributed by atoms with Crippen LogP contribution in [0, 0.1) is 29.1 Å². The number of nitrogens with zero attached hydrogens (tertiary/aromatic N) is 1. The van der Waals surface area contributed by atoms with Gasteiger partial charge in [-0.2, -0.15) is 10.3 Å². The van der Waals surface area contributed by atoms with Crippen LogP contribution in [0.3, 0.4) is 0 Å². The molecule has 0 aromatic heterocycles. The van der Waals surface area contributed by atoms with E-state index in [4.69, 9.17) is 66.0 Å². The smallest absolute Gasteiger partial charge is 0.550 e. The molecule has 0 bridgehead atoms. The number of carboxylic acids is 2. The maximum atomic E-state index is 13.1. The number of halogens is 9. The summed E-state index contributed by atoms with van der Waals surface area (Å²) in [4.78, 5) is 50.0. The van der Waals surface area contributed by atoms with Crippen molar-refractivity contribution in [1.82, 2.24) is 0 Å². The molecule has 6 N–H and O–H groups in total. The van der Waals surface area contributed by atoms with E-state index in [0.29, 0.717) is 29.4 Å². The molecule has 4 aliphatic heterocycles. The van der Waals surface area contributed by atoms with Crippen molar-refractivity contribution in [2.24, 2.45) is 16.8 Å². The van der Waals surface area contributed by atoms with Gasteiger partial charge in [0.25, 0.3) is 5.24 Å². The van der Waals surface area contributed by atoms with Crippen molar-refractivity contribution in [2.45, 2.75) is 33.2 Å². The van der Waals surface area contributed by atoms with E-state index in [0.717, 1.165) is 32.3 Å². The Morgan fingerprint density at radius 2 is 1.09 bits per heavy atom. The van der Waals surface area contributed by atoms with Crippen LogP contribution in [0.1, 0.15) is 75.4 Å². The molecule has 5 aromatic carbocycles. The van der Waals surface area contributed by atoms with E-state index in [2.05, 4.69) is 55.2 Å². The van der Waals surface area contributed by atoms with Crippen molar-refractivity contribution in [3.63, 3.8) is 0 Å². The van der Waals surface area contributed by atoms with Gasteiger partial charge in [-0.05, 0) is 115 Å². The number of nitrogens with two attached hydrogens (primary N) is 2. The fourth-order valence-electron chi connectivity index (χ4n) is 5.84. The summed E-state index contributed by atoms with van der Waals surface area (Å²) in [6, 6.07) is 21.2. The van der Waals surface area contributed by atoms with Crippen molar-refractivity contribution in [2.75, 3.05) is 47.3 Å². The first kappa shape index (κ1) is 72.2. The van der Waals surface area contributed by atoms with Crippen molar-refractivity contribution in [3.05, 3.63) is 148 Å². The minimum absolute atomic E-state index is 0. The first-order chi connectivity index (χ1) is 35.1. The van der Waals surface area contributed by atoms with Gasteiger partial charge in [0.2, 0.25) is 5.78 Å². The molecule has 5 aromatic rings. The van der Waals surface area contributed by atoms with Gasteiger partial charge in [0.15, 0.2) is 6.61 Å². The largest absolute Gasteiger partial charge is 1.00 e.